The monoisotopic (exact) mass is 185 g/mol. The molecule has 0 unspecified atom stereocenters. The van der Waals surface area contributed by atoms with Gasteiger partial charge in [-0.25, -0.2) is 4.79 Å². The first-order chi connectivity index (χ1) is 6.09. The average molecular weight is 185 g/mol. The predicted molar refractivity (Wildman–Crippen MR) is 40.9 cm³/mol. The second-order valence-electron chi connectivity index (χ2n) is 2.20. The van der Waals surface area contributed by atoms with Gasteiger partial charge in [0.2, 0.25) is 0 Å². The van der Waals surface area contributed by atoms with Crippen LogP contribution in [0.15, 0.2) is 15.8 Å². The van der Waals surface area contributed by atoms with E-state index in [4.69, 9.17) is 0 Å². The van der Waals surface area contributed by atoms with Gasteiger partial charge in [-0.3, -0.25) is 14.6 Å². The highest BCUT2D eigenvalue weighted by Crippen LogP contribution is 1.77. The van der Waals surface area contributed by atoms with Crippen LogP contribution in [-0.4, -0.2) is 20.7 Å². The normalized spacial score (nSPS) is 9.62. The van der Waals surface area contributed by atoms with Crippen LogP contribution in [0.25, 0.3) is 0 Å². The Morgan fingerprint density at radius 2 is 2.38 bits per heavy atom. The molecule has 1 aromatic heterocycles. The number of rotatable bonds is 2. The summed E-state index contributed by atoms with van der Waals surface area (Å²) in [6.45, 7) is 0.904. The van der Waals surface area contributed by atoms with Gasteiger partial charge in [-0.2, -0.15) is 9.78 Å². The molecule has 0 amide bonds. The van der Waals surface area contributed by atoms with Crippen LogP contribution in [0, 0.1) is 0 Å². The lowest BCUT2D eigenvalue weighted by Gasteiger charge is -2.01. The van der Waals surface area contributed by atoms with Crippen molar-refractivity contribution in [2.45, 2.75) is 13.7 Å². The third kappa shape index (κ3) is 2.55. The van der Waals surface area contributed by atoms with Crippen molar-refractivity contribution < 1.29 is 9.53 Å². The quantitative estimate of drug-likeness (QED) is 0.563. The Morgan fingerprint density at radius 1 is 1.69 bits per heavy atom. The molecule has 0 aliphatic carbocycles. The number of hydrogen-bond donors (Lipinski definition) is 1. The summed E-state index contributed by atoms with van der Waals surface area (Å²) < 4.78 is 5.31. The topological polar surface area (TPSA) is 94.1 Å². The van der Waals surface area contributed by atoms with E-state index >= 15 is 0 Å². The van der Waals surface area contributed by atoms with Gasteiger partial charge >= 0.3 is 11.7 Å². The first-order valence-electron chi connectivity index (χ1n) is 3.39. The Kier molecular flexibility index (Phi) is 2.58. The number of carbonyl (C=O) groups is 1. The maximum absolute atomic E-state index is 10.9. The highest BCUT2D eigenvalue weighted by molar-refractivity contribution is 5.65. The third-order valence-electron chi connectivity index (χ3n) is 1.17. The Morgan fingerprint density at radius 3 is 2.92 bits per heavy atom. The molecule has 7 heteroatoms. The van der Waals surface area contributed by atoms with E-state index in [1.54, 1.807) is 0 Å². The molecule has 0 saturated carbocycles. The smallest absolute Gasteiger partial charge is 0.347 e. The maximum Gasteiger partial charge on any atom is 0.347 e. The Bertz CT molecular complexity index is 418. The summed E-state index contributed by atoms with van der Waals surface area (Å²) in [4.78, 5) is 33.8. The highest BCUT2D eigenvalue weighted by Gasteiger charge is 1.98. The molecule has 1 heterocycles. The lowest BCUT2D eigenvalue weighted by atomic mass is 10.8. The molecule has 7 nitrogen and oxygen atoms in total. The number of nitrogens with one attached hydrogen (secondary N) is 1. The fourth-order valence-electron chi connectivity index (χ4n) is 0.621. The summed E-state index contributed by atoms with van der Waals surface area (Å²) in [6.07, 6.45) is 0.922. The molecular formula is C6H7N3O4. The zero-order chi connectivity index (χ0) is 9.84. The third-order valence-corrected chi connectivity index (χ3v) is 1.17. The molecule has 70 valence electrons. The average Bonchev–Trinajstić information content (AvgIpc) is 2.02. The number of aromatic nitrogens is 3. The van der Waals surface area contributed by atoms with Gasteiger partial charge in [0.25, 0.3) is 5.56 Å². The molecule has 0 aliphatic rings. The largest absolute Gasteiger partial charge is 0.442 e. The molecule has 13 heavy (non-hydrogen) atoms. The second-order valence-corrected chi connectivity index (χ2v) is 2.20. The molecule has 0 atom stereocenters. The fraction of sp³-hybridized carbons (Fsp3) is 0.333. The van der Waals surface area contributed by atoms with Crippen LogP contribution in [0.4, 0.5) is 0 Å². The minimum Gasteiger partial charge on any atom is -0.442 e. The van der Waals surface area contributed by atoms with Crippen LogP contribution in [0.3, 0.4) is 0 Å². The number of ether oxygens (including phenoxy) is 1. The lowest BCUT2D eigenvalue weighted by molar-refractivity contribution is -0.145. The van der Waals surface area contributed by atoms with Crippen LogP contribution in [0.2, 0.25) is 0 Å². The molecule has 0 bridgehead atoms. The zero-order valence-corrected chi connectivity index (χ0v) is 6.81. The summed E-state index contributed by atoms with van der Waals surface area (Å²) in [5, 5.41) is 3.43. The number of carbonyl (C=O) groups excluding carboxylic acids is 1. The van der Waals surface area contributed by atoms with Gasteiger partial charge in [0.1, 0.15) is 6.20 Å². The SMILES string of the molecule is CC(=O)OCn1ncc(=O)[nH]c1=O. The maximum atomic E-state index is 10.9. The van der Waals surface area contributed by atoms with Crippen molar-refractivity contribution in [3.63, 3.8) is 0 Å². The Balaban J connectivity index is 2.84. The van der Waals surface area contributed by atoms with Crippen LogP contribution in [0.1, 0.15) is 6.92 Å². The summed E-state index contributed by atoms with van der Waals surface area (Å²) >= 11 is 0. The molecule has 1 rings (SSSR count). The molecule has 0 aromatic carbocycles. The summed E-state index contributed by atoms with van der Waals surface area (Å²) in [5.74, 6) is -0.528. The van der Waals surface area contributed by atoms with Crippen molar-refractivity contribution in [3.8, 4) is 0 Å². The van der Waals surface area contributed by atoms with Crippen molar-refractivity contribution in [2.24, 2.45) is 0 Å². The van der Waals surface area contributed by atoms with E-state index in [0.29, 0.717) is 0 Å². The first kappa shape index (κ1) is 9.17. The van der Waals surface area contributed by atoms with Crippen molar-refractivity contribution in [3.05, 3.63) is 27.0 Å². The van der Waals surface area contributed by atoms with Gasteiger partial charge in [0.05, 0.1) is 0 Å². The van der Waals surface area contributed by atoms with E-state index in [2.05, 4.69) is 9.84 Å². The van der Waals surface area contributed by atoms with Gasteiger partial charge in [-0.05, 0) is 0 Å². The van der Waals surface area contributed by atoms with E-state index in [1.165, 1.54) is 6.92 Å². The summed E-state index contributed by atoms with van der Waals surface area (Å²) in [7, 11) is 0. The lowest BCUT2D eigenvalue weighted by Crippen LogP contribution is -2.32. The second kappa shape index (κ2) is 3.65. The molecule has 0 fully saturated rings. The molecule has 1 aromatic rings. The molecule has 0 aliphatic heterocycles. The van der Waals surface area contributed by atoms with E-state index in [9.17, 15) is 14.4 Å². The van der Waals surface area contributed by atoms with E-state index < -0.39 is 17.2 Å². The van der Waals surface area contributed by atoms with Gasteiger partial charge in [-0.1, -0.05) is 0 Å². The number of hydrogen-bond acceptors (Lipinski definition) is 5. The van der Waals surface area contributed by atoms with Gasteiger partial charge in [0, 0.05) is 6.92 Å². The van der Waals surface area contributed by atoms with Crippen molar-refractivity contribution >= 4 is 5.97 Å². The Hall–Kier alpha value is -1.92. The fourth-order valence-corrected chi connectivity index (χ4v) is 0.621. The molecule has 0 saturated heterocycles. The van der Waals surface area contributed by atoms with Gasteiger partial charge in [0.15, 0.2) is 6.73 Å². The zero-order valence-electron chi connectivity index (χ0n) is 6.81. The van der Waals surface area contributed by atoms with Crippen LogP contribution >= 0.6 is 0 Å². The summed E-state index contributed by atoms with van der Waals surface area (Å²) in [5.41, 5.74) is -1.31. The van der Waals surface area contributed by atoms with Crippen LogP contribution in [0.5, 0.6) is 0 Å². The van der Waals surface area contributed by atoms with E-state index in [0.717, 1.165) is 10.9 Å². The molecule has 1 N–H and O–H groups in total. The molecule has 0 spiro atoms. The van der Waals surface area contributed by atoms with Crippen LogP contribution < -0.4 is 11.2 Å². The minimum absolute atomic E-state index is 0.301. The van der Waals surface area contributed by atoms with E-state index in [-0.39, 0.29) is 6.73 Å². The standard InChI is InChI=1S/C6H7N3O4/c1-4(10)13-3-9-6(12)8-5(11)2-7-9/h2H,3H2,1H3,(H,8,11,12). The van der Waals surface area contributed by atoms with Gasteiger partial charge < -0.3 is 4.74 Å². The molecular weight excluding hydrogens is 178 g/mol. The molecule has 0 radical (unpaired) electrons. The van der Waals surface area contributed by atoms with Gasteiger partial charge in [-0.15, -0.1) is 0 Å². The highest BCUT2D eigenvalue weighted by atomic mass is 16.5. The number of esters is 1. The van der Waals surface area contributed by atoms with Crippen LogP contribution in [-0.2, 0) is 16.3 Å². The number of H-pyrrole nitrogens is 1. The van der Waals surface area contributed by atoms with Crippen molar-refractivity contribution in [2.75, 3.05) is 0 Å². The van der Waals surface area contributed by atoms with E-state index in [1.807, 2.05) is 4.98 Å². The summed E-state index contributed by atoms with van der Waals surface area (Å²) in [6, 6.07) is 0. The Labute approximate surface area is 72.0 Å². The first-order valence-corrected chi connectivity index (χ1v) is 3.39. The number of aromatic amines is 1. The minimum atomic E-state index is -0.714. The predicted octanol–water partition coefficient (Wildman–Crippen LogP) is -1.55. The van der Waals surface area contributed by atoms with Crippen molar-refractivity contribution in [1.29, 1.82) is 0 Å². The number of nitrogens with zero attached hydrogens (tertiary/aromatic N) is 2. The van der Waals surface area contributed by atoms with Crippen molar-refractivity contribution in [1.82, 2.24) is 14.8 Å².